The number of fused-ring (bicyclic) bond motifs is 2. The fraction of sp³-hybridized carbons (Fsp3) is 0.192. The van der Waals surface area contributed by atoms with Gasteiger partial charge in [0.1, 0.15) is 5.82 Å². The van der Waals surface area contributed by atoms with E-state index in [9.17, 15) is 4.79 Å². The smallest absolute Gasteiger partial charge is 0.260 e. The fourth-order valence-electron chi connectivity index (χ4n) is 4.61. The Morgan fingerprint density at radius 1 is 0.879 bits per heavy atom. The first-order valence-corrected chi connectivity index (χ1v) is 11.2. The molecule has 3 aliphatic rings. The van der Waals surface area contributed by atoms with Gasteiger partial charge in [-0.1, -0.05) is 30.3 Å². The molecule has 2 aliphatic heterocycles. The van der Waals surface area contributed by atoms with Gasteiger partial charge in [0.05, 0.1) is 22.3 Å². The Labute approximate surface area is 191 Å². The molecule has 7 heteroatoms. The van der Waals surface area contributed by atoms with Crippen molar-refractivity contribution >= 4 is 16.7 Å². The molecule has 33 heavy (non-hydrogen) atoms. The molecule has 0 bridgehead atoms. The third kappa shape index (κ3) is 3.76. The van der Waals surface area contributed by atoms with Crippen LogP contribution in [0.15, 0.2) is 77.7 Å². The van der Waals surface area contributed by atoms with Gasteiger partial charge < -0.3 is 14.9 Å². The van der Waals surface area contributed by atoms with Gasteiger partial charge in [-0.05, 0) is 36.4 Å². The predicted molar refractivity (Wildman–Crippen MR) is 130 cm³/mol. The highest BCUT2D eigenvalue weighted by molar-refractivity contribution is 5.87. The lowest BCUT2D eigenvalue weighted by atomic mass is 10.1. The summed E-state index contributed by atoms with van der Waals surface area (Å²) in [5.41, 5.74) is 6.22. The van der Waals surface area contributed by atoms with Crippen LogP contribution in [-0.4, -0.2) is 51.0 Å². The van der Waals surface area contributed by atoms with Crippen LogP contribution in [0.5, 0.6) is 0 Å². The second-order valence-corrected chi connectivity index (χ2v) is 8.44. The summed E-state index contributed by atoms with van der Waals surface area (Å²) < 4.78 is 0. The molecule has 3 aromatic rings. The minimum absolute atomic E-state index is 0.125. The Bertz CT molecular complexity index is 1430. The topological polar surface area (TPSA) is 80.9 Å². The van der Waals surface area contributed by atoms with Crippen molar-refractivity contribution in [2.45, 2.75) is 6.54 Å². The molecule has 0 spiro atoms. The number of aromatic nitrogens is 4. The van der Waals surface area contributed by atoms with Gasteiger partial charge in [-0.25, -0.2) is 4.98 Å². The number of aromatic amines is 2. The summed E-state index contributed by atoms with van der Waals surface area (Å²) in [6.07, 6.45) is 1.85. The van der Waals surface area contributed by atoms with E-state index in [1.807, 2.05) is 54.7 Å². The van der Waals surface area contributed by atoms with Crippen LogP contribution in [0, 0.1) is 0 Å². The lowest BCUT2D eigenvalue weighted by Gasteiger charge is -2.36. The minimum Gasteiger partial charge on any atom is -0.369 e. The fourth-order valence-corrected chi connectivity index (χ4v) is 4.61. The molecular formula is C26H24N6O. The zero-order chi connectivity index (χ0) is 22.2. The maximum Gasteiger partial charge on any atom is 0.260 e. The van der Waals surface area contributed by atoms with Crippen molar-refractivity contribution in [1.82, 2.24) is 24.8 Å². The van der Waals surface area contributed by atoms with Gasteiger partial charge in [-0.15, -0.1) is 0 Å². The van der Waals surface area contributed by atoms with Gasteiger partial charge in [0.2, 0.25) is 0 Å². The number of imidazole rings is 1. The first-order valence-electron chi connectivity index (χ1n) is 11.2. The van der Waals surface area contributed by atoms with E-state index < -0.39 is 0 Å². The van der Waals surface area contributed by atoms with Crippen molar-refractivity contribution in [3.8, 4) is 22.6 Å². The van der Waals surface area contributed by atoms with Crippen LogP contribution in [0.2, 0.25) is 0 Å². The van der Waals surface area contributed by atoms with E-state index in [2.05, 4.69) is 43.0 Å². The molecule has 0 radical (unpaired) electrons. The Morgan fingerprint density at radius 3 is 2.58 bits per heavy atom. The maximum absolute atomic E-state index is 12.7. The molecule has 1 saturated heterocycles. The number of nitrogens with one attached hydrogen (secondary N) is 2. The summed E-state index contributed by atoms with van der Waals surface area (Å²) in [5.74, 6) is 0.602. The summed E-state index contributed by atoms with van der Waals surface area (Å²) >= 11 is 0. The number of anilines is 1. The monoisotopic (exact) mass is 436 g/mol. The number of piperazine rings is 1. The summed E-state index contributed by atoms with van der Waals surface area (Å²) in [5, 5.41) is 0. The lowest BCUT2D eigenvalue weighted by molar-refractivity contribution is 0.247. The van der Waals surface area contributed by atoms with Gasteiger partial charge in [-0.3, -0.25) is 14.7 Å². The molecule has 0 unspecified atom stereocenters. The highest BCUT2D eigenvalue weighted by Crippen LogP contribution is 2.30. The van der Waals surface area contributed by atoms with E-state index in [0.29, 0.717) is 11.4 Å². The maximum atomic E-state index is 12.7. The van der Waals surface area contributed by atoms with E-state index in [1.54, 1.807) is 0 Å². The van der Waals surface area contributed by atoms with Crippen molar-refractivity contribution in [2.75, 3.05) is 31.1 Å². The van der Waals surface area contributed by atoms with Gasteiger partial charge in [0.15, 0.2) is 0 Å². The van der Waals surface area contributed by atoms with E-state index in [-0.39, 0.29) is 5.56 Å². The largest absolute Gasteiger partial charge is 0.369 e. The van der Waals surface area contributed by atoms with Crippen molar-refractivity contribution < 1.29 is 0 Å². The van der Waals surface area contributed by atoms with Crippen LogP contribution >= 0.6 is 0 Å². The Hall–Kier alpha value is -3.97. The third-order valence-electron chi connectivity index (χ3n) is 6.33. The van der Waals surface area contributed by atoms with E-state index in [4.69, 9.17) is 4.98 Å². The second-order valence-electron chi connectivity index (χ2n) is 8.44. The predicted octanol–water partition coefficient (Wildman–Crippen LogP) is 3.74. The van der Waals surface area contributed by atoms with Crippen LogP contribution in [0.1, 0.15) is 5.69 Å². The van der Waals surface area contributed by atoms with E-state index in [0.717, 1.165) is 60.7 Å². The molecule has 6 rings (SSSR count). The van der Waals surface area contributed by atoms with Crippen LogP contribution < -0.4 is 10.5 Å². The van der Waals surface area contributed by atoms with Crippen molar-refractivity contribution in [3.63, 3.8) is 0 Å². The standard InChI is InChI=1S/C26H24N6O/c33-26-24(20-7-2-1-3-8-21(20)30-26)25-28-22-10-9-19(16-23(22)29-25)32-14-12-31(13-15-32)17-18-6-4-5-11-27-18/h1-11,16H,12-15,17H2,(H,28,29)(H,30,33). The van der Waals surface area contributed by atoms with Crippen LogP contribution in [0.25, 0.3) is 33.7 Å². The normalized spacial score (nSPS) is 14.8. The number of nitrogens with zero attached hydrogens (tertiary/aromatic N) is 4. The van der Waals surface area contributed by atoms with Crippen molar-refractivity contribution in [1.29, 1.82) is 0 Å². The number of H-pyrrole nitrogens is 2. The van der Waals surface area contributed by atoms with Crippen molar-refractivity contribution in [2.24, 2.45) is 0 Å². The molecule has 164 valence electrons. The van der Waals surface area contributed by atoms with Gasteiger partial charge in [-0.2, -0.15) is 0 Å². The first kappa shape index (κ1) is 19.7. The summed E-state index contributed by atoms with van der Waals surface area (Å²) in [6, 6.07) is 22.0. The quantitative estimate of drug-likeness (QED) is 0.449. The number of hydrogen-bond acceptors (Lipinski definition) is 5. The Kier molecular flexibility index (Phi) is 4.88. The van der Waals surface area contributed by atoms with E-state index in [1.165, 1.54) is 5.69 Å². The summed E-state index contributed by atoms with van der Waals surface area (Å²) in [4.78, 5) is 33.0. The molecule has 2 aromatic heterocycles. The SMILES string of the molecule is O=c1[nH]c2cccccc-2c1-c1nc2ccc(N3CCN(Cc4ccccn4)CC3)cc2[nH]1. The number of hydrogen-bond donors (Lipinski definition) is 2. The third-order valence-corrected chi connectivity index (χ3v) is 6.33. The first-order chi connectivity index (χ1) is 16.2. The lowest BCUT2D eigenvalue weighted by Crippen LogP contribution is -2.46. The molecule has 0 amide bonds. The van der Waals surface area contributed by atoms with Crippen molar-refractivity contribution in [3.05, 3.63) is 89.0 Å². The molecule has 7 nitrogen and oxygen atoms in total. The zero-order valence-corrected chi connectivity index (χ0v) is 18.2. The molecule has 0 atom stereocenters. The van der Waals surface area contributed by atoms with Crippen LogP contribution in [0.4, 0.5) is 5.69 Å². The Balaban J connectivity index is 1.23. The molecule has 0 saturated carbocycles. The molecule has 1 aromatic carbocycles. The molecule has 1 aliphatic carbocycles. The van der Waals surface area contributed by atoms with E-state index >= 15 is 0 Å². The highest BCUT2D eigenvalue weighted by atomic mass is 16.1. The molecular weight excluding hydrogens is 412 g/mol. The zero-order valence-electron chi connectivity index (χ0n) is 18.2. The second kappa shape index (κ2) is 8.18. The van der Waals surface area contributed by atoms with Gasteiger partial charge >= 0.3 is 0 Å². The molecule has 2 N–H and O–H groups in total. The molecule has 4 heterocycles. The van der Waals surface area contributed by atoms with Gasteiger partial charge in [0.25, 0.3) is 5.56 Å². The highest BCUT2D eigenvalue weighted by Gasteiger charge is 2.21. The minimum atomic E-state index is -0.125. The van der Waals surface area contributed by atoms with Crippen LogP contribution in [-0.2, 0) is 6.54 Å². The number of pyridine rings is 1. The number of rotatable bonds is 4. The average Bonchev–Trinajstić information content (AvgIpc) is 3.31. The average molecular weight is 437 g/mol. The Morgan fingerprint density at radius 2 is 1.73 bits per heavy atom. The summed E-state index contributed by atoms with van der Waals surface area (Å²) in [7, 11) is 0. The summed E-state index contributed by atoms with van der Waals surface area (Å²) in [6.45, 7) is 4.80. The molecule has 1 fully saturated rings. The number of benzene rings is 1. The van der Waals surface area contributed by atoms with Crippen LogP contribution in [0.3, 0.4) is 0 Å². The van der Waals surface area contributed by atoms with Gasteiger partial charge in [0, 0.05) is 55.9 Å².